The first-order chi connectivity index (χ1) is 10.4. The number of ketones is 1. The lowest BCUT2D eigenvalue weighted by Crippen LogP contribution is -2.37. The lowest BCUT2D eigenvalue weighted by molar-refractivity contribution is -0.117. The number of hydrogen-bond donors (Lipinski definition) is 1. The average molecular weight is 327 g/mol. The predicted octanol–water partition coefficient (Wildman–Crippen LogP) is 2.53. The first kappa shape index (κ1) is 16.4. The molecule has 0 aromatic heterocycles. The normalized spacial score (nSPS) is 21.2. The molecule has 120 valence electrons. The first-order valence-corrected chi connectivity index (χ1v) is 7.47. The van der Waals surface area contributed by atoms with E-state index in [1.807, 2.05) is 6.92 Å². The number of fused-ring (bicyclic) bond motifs is 1. The molecule has 0 aromatic rings. The summed E-state index contributed by atoms with van der Waals surface area (Å²) in [5, 5.41) is 8.56. The van der Waals surface area contributed by atoms with Gasteiger partial charge in [0, 0.05) is 32.3 Å². The molecule has 1 aliphatic heterocycles. The molecular weight excluding hydrogens is 308 g/mol. The van der Waals surface area contributed by atoms with Gasteiger partial charge in [-0.3, -0.25) is 9.69 Å². The van der Waals surface area contributed by atoms with E-state index < -0.39 is 11.5 Å². The van der Waals surface area contributed by atoms with Crippen LogP contribution in [0.2, 0.25) is 0 Å². The molecule has 0 saturated carbocycles. The molecule has 0 spiro atoms. The lowest BCUT2D eigenvalue weighted by atomic mass is 9.89. The highest BCUT2D eigenvalue weighted by molar-refractivity contribution is 6.33. The van der Waals surface area contributed by atoms with Crippen LogP contribution in [0.3, 0.4) is 0 Å². The van der Waals surface area contributed by atoms with Crippen LogP contribution in [0.25, 0.3) is 0 Å². The number of ether oxygens (including phenoxy) is 1. The summed E-state index contributed by atoms with van der Waals surface area (Å²) in [7, 11) is 3.18. The van der Waals surface area contributed by atoms with Crippen molar-refractivity contribution in [2.24, 2.45) is 0 Å². The van der Waals surface area contributed by atoms with Crippen LogP contribution < -0.4 is 0 Å². The van der Waals surface area contributed by atoms with E-state index in [1.54, 1.807) is 24.2 Å². The quantitative estimate of drug-likeness (QED) is 0.804. The van der Waals surface area contributed by atoms with Crippen molar-refractivity contribution in [1.82, 2.24) is 9.80 Å². The highest BCUT2D eigenvalue weighted by Crippen LogP contribution is 2.37. The molecule has 1 heterocycles. The van der Waals surface area contributed by atoms with E-state index in [1.165, 1.54) is 7.05 Å². The van der Waals surface area contributed by atoms with Crippen LogP contribution in [0.15, 0.2) is 35.0 Å². The van der Waals surface area contributed by atoms with E-state index in [4.69, 9.17) is 16.3 Å². The Morgan fingerprint density at radius 1 is 1.59 bits per heavy atom. The standard InChI is InChI=1S/C15H19ClN2O4/c1-4-5-22-13-10-7-11(16)12(19)6-9(10)8-17(2)14(13)18(3)15(20)21/h7-8,11H,4-6H2,1-3H3,(H,20,21). The van der Waals surface area contributed by atoms with Crippen molar-refractivity contribution in [3.63, 3.8) is 0 Å². The van der Waals surface area contributed by atoms with E-state index in [0.717, 1.165) is 16.9 Å². The molecule has 1 unspecified atom stereocenters. The predicted molar refractivity (Wildman–Crippen MR) is 82.3 cm³/mol. The molecule has 2 rings (SSSR count). The van der Waals surface area contributed by atoms with Gasteiger partial charge in [0.25, 0.3) is 0 Å². The Kier molecular flexibility index (Phi) is 4.81. The molecule has 7 heteroatoms. The summed E-state index contributed by atoms with van der Waals surface area (Å²) in [4.78, 5) is 25.9. The van der Waals surface area contributed by atoms with Gasteiger partial charge in [0.15, 0.2) is 17.4 Å². The zero-order valence-corrected chi connectivity index (χ0v) is 13.6. The third-order valence-electron chi connectivity index (χ3n) is 3.52. The fraction of sp³-hybridized carbons (Fsp3) is 0.467. The van der Waals surface area contributed by atoms with Crippen molar-refractivity contribution < 1.29 is 19.4 Å². The zero-order chi connectivity index (χ0) is 16.4. The third-order valence-corrected chi connectivity index (χ3v) is 3.89. The molecule has 0 bridgehead atoms. The Labute approximate surface area is 134 Å². The molecule has 0 fully saturated rings. The van der Waals surface area contributed by atoms with Crippen molar-refractivity contribution in [3.05, 3.63) is 35.0 Å². The maximum absolute atomic E-state index is 11.8. The smallest absolute Gasteiger partial charge is 0.412 e. The van der Waals surface area contributed by atoms with Crippen LogP contribution in [0.5, 0.6) is 0 Å². The molecule has 22 heavy (non-hydrogen) atoms. The average Bonchev–Trinajstić information content (AvgIpc) is 2.45. The maximum atomic E-state index is 11.8. The number of halogens is 1. The summed E-state index contributed by atoms with van der Waals surface area (Å²) in [6, 6.07) is 0. The van der Waals surface area contributed by atoms with E-state index in [9.17, 15) is 14.7 Å². The van der Waals surface area contributed by atoms with Crippen molar-refractivity contribution in [3.8, 4) is 0 Å². The number of allylic oxidation sites excluding steroid dienone is 2. The Morgan fingerprint density at radius 3 is 2.86 bits per heavy atom. The Bertz CT molecular complexity index is 594. The SMILES string of the molecule is CCCOC1=C(N(C)C(=O)O)N(C)C=C2CC(=O)C(Cl)C=C21. The van der Waals surface area contributed by atoms with Crippen molar-refractivity contribution >= 4 is 23.5 Å². The monoisotopic (exact) mass is 326 g/mol. The third kappa shape index (κ3) is 2.97. The number of carbonyl (C=O) groups is 2. The summed E-state index contributed by atoms with van der Waals surface area (Å²) in [5.74, 6) is 0.786. The number of Topliss-reactive ketones (excluding diaryl/α,β-unsaturated/α-hetero) is 1. The van der Waals surface area contributed by atoms with Crippen molar-refractivity contribution in [1.29, 1.82) is 0 Å². The highest BCUT2D eigenvalue weighted by Gasteiger charge is 2.34. The molecule has 0 saturated heterocycles. The summed E-state index contributed by atoms with van der Waals surface area (Å²) >= 11 is 6.04. The second-order valence-corrected chi connectivity index (χ2v) is 5.70. The largest absolute Gasteiger partial charge is 0.489 e. The summed E-state index contributed by atoms with van der Waals surface area (Å²) in [6.07, 6.45) is 3.29. The van der Waals surface area contributed by atoms with E-state index in [2.05, 4.69) is 0 Å². The van der Waals surface area contributed by atoms with E-state index in [0.29, 0.717) is 23.8 Å². The number of carbonyl (C=O) groups excluding carboxylic acids is 1. The van der Waals surface area contributed by atoms with Gasteiger partial charge in [-0.2, -0.15) is 0 Å². The molecule has 1 aliphatic carbocycles. The van der Waals surface area contributed by atoms with Gasteiger partial charge in [0.1, 0.15) is 5.38 Å². The maximum Gasteiger partial charge on any atom is 0.412 e. The second-order valence-electron chi connectivity index (χ2n) is 5.23. The van der Waals surface area contributed by atoms with Crippen molar-refractivity contribution in [2.75, 3.05) is 20.7 Å². The molecular formula is C15H19ClN2O4. The first-order valence-electron chi connectivity index (χ1n) is 7.03. The number of rotatable bonds is 4. The number of carboxylic acid groups (broad SMARTS) is 1. The van der Waals surface area contributed by atoms with Crippen LogP contribution in [-0.2, 0) is 9.53 Å². The van der Waals surface area contributed by atoms with Gasteiger partial charge in [0.05, 0.1) is 6.61 Å². The topological polar surface area (TPSA) is 70.1 Å². The zero-order valence-electron chi connectivity index (χ0n) is 12.8. The van der Waals surface area contributed by atoms with Crippen LogP contribution in [0.1, 0.15) is 19.8 Å². The number of nitrogens with zero attached hydrogens (tertiary/aromatic N) is 2. The van der Waals surface area contributed by atoms with Gasteiger partial charge in [-0.05, 0) is 18.1 Å². The van der Waals surface area contributed by atoms with Gasteiger partial charge in [-0.15, -0.1) is 11.6 Å². The molecule has 6 nitrogen and oxygen atoms in total. The number of amides is 1. The minimum absolute atomic E-state index is 0.0741. The molecule has 2 aliphatic rings. The van der Waals surface area contributed by atoms with Gasteiger partial charge in [0.2, 0.25) is 0 Å². The molecule has 0 aromatic carbocycles. The number of alkyl halides is 1. The van der Waals surface area contributed by atoms with Crippen LogP contribution in [-0.4, -0.2) is 52.9 Å². The Balaban J connectivity index is 2.54. The van der Waals surface area contributed by atoms with Gasteiger partial charge < -0.3 is 14.7 Å². The van der Waals surface area contributed by atoms with Gasteiger partial charge in [-0.1, -0.05) is 6.92 Å². The van der Waals surface area contributed by atoms with Gasteiger partial charge in [-0.25, -0.2) is 4.79 Å². The van der Waals surface area contributed by atoms with Crippen LogP contribution in [0.4, 0.5) is 4.79 Å². The van der Waals surface area contributed by atoms with E-state index >= 15 is 0 Å². The lowest BCUT2D eigenvalue weighted by Gasteiger charge is -2.35. The Hall–Kier alpha value is -1.95. The minimum atomic E-state index is -1.09. The molecule has 1 atom stereocenters. The van der Waals surface area contributed by atoms with Crippen molar-refractivity contribution in [2.45, 2.75) is 25.1 Å². The minimum Gasteiger partial charge on any atom is -0.489 e. The molecule has 0 radical (unpaired) electrons. The van der Waals surface area contributed by atoms with Gasteiger partial charge >= 0.3 is 6.09 Å². The number of hydrogen-bond acceptors (Lipinski definition) is 4. The highest BCUT2D eigenvalue weighted by atomic mass is 35.5. The van der Waals surface area contributed by atoms with Crippen LogP contribution >= 0.6 is 11.6 Å². The molecule has 1 N–H and O–H groups in total. The van der Waals surface area contributed by atoms with Crippen LogP contribution in [0, 0.1) is 0 Å². The summed E-state index contributed by atoms with van der Waals surface area (Å²) in [5.41, 5.74) is 1.49. The molecule has 1 amide bonds. The summed E-state index contributed by atoms with van der Waals surface area (Å²) < 4.78 is 5.79. The fourth-order valence-corrected chi connectivity index (χ4v) is 2.67. The van der Waals surface area contributed by atoms with E-state index in [-0.39, 0.29) is 12.2 Å². The fourth-order valence-electron chi connectivity index (χ4n) is 2.46. The second kappa shape index (κ2) is 6.44. The summed E-state index contributed by atoms with van der Waals surface area (Å²) in [6.45, 7) is 2.42. The Morgan fingerprint density at radius 2 is 2.27 bits per heavy atom.